The SMILES string of the molecule is [2H]c1cc(N(c2nc(-c3c([2H])c([2H])c([2H])c([2H])c3[2H])nc(-c3c([2H])c([2H])c4oc5c([2H])c([2H])c([2H])c([2H])c5c4c3[2H])n2)c2c([2H])c([2H])c([2H])c3c2oc2c([2H])c([2H])c([2H])c([2H])c23)c([2H])c([2H])c1[2H]. The van der Waals surface area contributed by atoms with Crippen molar-refractivity contribution in [3.63, 3.8) is 0 Å². The molecule has 0 saturated heterocycles. The number of rotatable bonds is 5. The first-order valence-corrected chi connectivity index (χ1v) is 12.9. The Morgan fingerprint density at radius 2 is 1.13 bits per heavy atom. The van der Waals surface area contributed by atoms with Crippen LogP contribution in [0.15, 0.2) is 154 Å². The Bertz CT molecular complexity index is 3790. The van der Waals surface area contributed by atoms with Crippen LogP contribution in [-0.2, 0) is 0 Å². The van der Waals surface area contributed by atoms with Crippen LogP contribution in [0.4, 0.5) is 17.3 Å². The highest BCUT2D eigenvalue weighted by molar-refractivity contribution is 6.10. The minimum Gasteiger partial charge on any atom is -0.456 e. The summed E-state index contributed by atoms with van der Waals surface area (Å²) in [6.45, 7) is 0. The topological polar surface area (TPSA) is 68.2 Å². The summed E-state index contributed by atoms with van der Waals surface area (Å²) in [5, 5.41) is -1.70. The first kappa shape index (κ1) is 11.3. The second kappa shape index (κ2) is 10.2. The molecule has 0 aliphatic carbocycles. The quantitative estimate of drug-likeness (QED) is 0.195. The van der Waals surface area contributed by atoms with Crippen molar-refractivity contribution in [3.05, 3.63) is 145 Å². The lowest BCUT2D eigenvalue weighted by atomic mass is 10.1. The molecule has 0 amide bonds. The molecule has 0 bridgehead atoms. The predicted octanol–water partition coefficient (Wildman–Crippen LogP) is 10.5. The Labute approximate surface area is 290 Å². The molecule has 3 heterocycles. The van der Waals surface area contributed by atoms with Gasteiger partial charge in [-0.3, -0.25) is 4.90 Å². The van der Waals surface area contributed by atoms with Crippen LogP contribution in [0.25, 0.3) is 66.7 Å². The molecule has 0 spiro atoms. The summed E-state index contributed by atoms with van der Waals surface area (Å²) in [6, 6.07) is -17.8. The summed E-state index contributed by atoms with van der Waals surface area (Å²) in [5.41, 5.74) is -5.05. The summed E-state index contributed by atoms with van der Waals surface area (Å²) in [4.78, 5) is 13.9. The minimum absolute atomic E-state index is 0.383. The van der Waals surface area contributed by atoms with E-state index in [1.165, 1.54) is 0 Å². The van der Waals surface area contributed by atoms with E-state index >= 15 is 0 Å². The second-order valence-corrected chi connectivity index (χ2v) is 9.16. The van der Waals surface area contributed by atoms with E-state index in [0.717, 1.165) is 6.07 Å². The van der Waals surface area contributed by atoms with Crippen molar-refractivity contribution < 1.29 is 40.4 Å². The van der Waals surface area contributed by atoms with E-state index in [1.54, 1.807) is 0 Å². The van der Waals surface area contributed by atoms with Crippen LogP contribution in [0, 0.1) is 0 Å². The van der Waals surface area contributed by atoms with Crippen molar-refractivity contribution in [2.45, 2.75) is 0 Å². The van der Waals surface area contributed by atoms with Crippen LogP contribution in [0.5, 0.6) is 0 Å². The van der Waals surface area contributed by atoms with Gasteiger partial charge in [0.2, 0.25) is 5.95 Å². The van der Waals surface area contributed by atoms with Crippen molar-refractivity contribution in [2.75, 3.05) is 4.90 Å². The molecule has 0 aliphatic rings. The van der Waals surface area contributed by atoms with Gasteiger partial charge in [0.05, 0.1) is 37.2 Å². The number of hydrogen-bond acceptors (Lipinski definition) is 6. The Balaban J connectivity index is 1.52. The smallest absolute Gasteiger partial charge is 0.238 e. The Hall–Kier alpha value is -6.27. The van der Waals surface area contributed by atoms with E-state index in [9.17, 15) is 2.74 Å². The molecule has 3 aromatic heterocycles. The average Bonchev–Trinajstić information content (AvgIpc) is 3.92. The lowest BCUT2D eigenvalue weighted by Crippen LogP contribution is -2.15. The number of hydrogen-bond donors (Lipinski definition) is 0. The zero-order valence-corrected chi connectivity index (χ0v) is 22.2. The molecule has 0 aliphatic heterocycles. The number of fused-ring (bicyclic) bond motifs is 6. The van der Waals surface area contributed by atoms with Gasteiger partial charge in [-0.05, 0) is 48.4 Å². The fourth-order valence-electron chi connectivity index (χ4n) is 4.66. The molecule has 212 valence electrons. The van der Waals surface area contributed by atoms with Gasteiger partial charge in [-0.25, -0.2) is 4.98 Å². The fraction of sp³-hybridized carbons (Fsp3) is 0. The molecule has 0 fully saturated rings. The standard InChI is InChI=1S/C39H24N4O2/c1-3-12-25(13-4-1)37-40-38(26-22-23-35-31(24-26)29-17-8-9-20-33(29)44-35)42-39(41-37)43(27-14-5-2-6-15-27)32-19-11-18-30-28-16-7-10-21-34(28)45-36(30)32/h1-24H/i1D,2D,3D,4D,5D,6D,7D,8D,9D,10D,11D,12D,13D,14D,16D,17D,18D,19D,20D,21D,22D,23D,24D. The molecule has 45 heavy (non-hydrogen) atoms. The zero-order valence-electron chi connectivity index (χ0n) is 45.2. The van der Waals surface area contributed by atoms with Crippen LogP contribution in [0.1, 0.15) is 31.5 Å². The number of anilines is 3. The first-order chi connectivity index (χ1) is 31.8. The number of para-hydroxylation sites is 4. The molecule has 0 atom stereocenters. The van der Waals surface area contributed by atoms with Gasteiger partial charge in [0.15, 0.2) is 17.2 Å². The highest BCUT2D eigenvalue weighted by Crippen LogP contribution is 2.41. The third-order valence-corrected chi connectivity index (χ3v) is 6.57. The largest absolute Gasteiger partial charge is 0.456 e. The molecule has 0 radical (unpaired) electrons. The highest BCUT2D eigenvalue weighted by Gasteiger charge is 2.23. The van der Waals surface area contributed by atoms with E-state index in [0.29, 0.717) is 4.90 Å². The Kier molecular flexibility index (Phi) is 2.56. The van der Waals surface area contributed by atoms with Crippen LogP contribution < -0.4 is 4.90 Å². The fourth-order valence-corrected chi connectivity index (χ4v) is 4.66. The van der Waals surface area contributed by atoms with Gasteiger partial charge < -0.3 is 8.83 Å². The molecular weight excluding hydrogens is 556 g/mol. The summed E-state index contributed by atoms with van der Waals surface area (Å²) in [7, 11) is 0. The first-order valence-electron chi connectivity index (χ1n) is 24.4. The van der Waals surface area contributed by atoms with Crippen molar-refractivity contribution in [1.29, 1.82) is 0 Å². The minimum atomic E-state index is -0.952. The lowest BCUT2D eigenvalue weighted by Gasteiger charge is -2.24. The molecule has 6 heteroatoms. The maximum Gasteiger partial charge on any atom is 0.238 e. The molecule has 0 N–H and O–H groups in total. The number of aromatic nitrogens is 3. The third-order valence-electron chi connectivity index (χ3n) is 6.57. The molecule has 6 nitrogen and oxygen atoms in total. The Morgan fingerprint density at radius 3 is 1.98 bits per heavy atom. The lowest BCUT2D eigenvalue weighted by molar-refractivity contribution is 0.668. The summed E-state index contributed by atoms with van der Waals surface area (Å²) < 4.78 is 212. The zero-order chi connectivity index (χ0) is 49.8. The molecule has 9 aromatic rings. The number of furan rings is 2. The van der Waals surface area contributed by atoms with E-state index in [4.69, 9.17) is 37.6 Å². The highest BCUT2D eigenvalue weighted by atomic mass is 16.3. The van der Waals surface area contributed by atoms with Gasteiger partial charge in [-0.1, -0.05) is 96.7 Å². The Morgan fingerprint density at radius 1 is 0.489 bits per heavy atom. The van der Waals surface area contributed by atoms with Crippen molar-refractivity contribution in [1.82, 2.24) is 15.0 Å². The number of benzene rings is 6. The summed E-state index contributed by atoms with van der Waals surface area (Å²) in [5.74, 6) is -2.59. The van der Waals surface area contributed by atoms with Gasteiger partial charge in [-0.2, -0.15) is 9.97 Å². The average molecular weight is 604 g/mol. The third kappa shape index (κ3) is 4.23. The van der Waals surface area contributed by atoms with Crippen LogP contribution in [0.2, 0.25) is 0 Å². The maximum absolute atomic E-state index is 9.46. The molecular formula is C39H24N4O2. The van der Waals surface area contributed by atoms with Gasteiger partial charge in [-0.15, -0.1) is 0 Å². The monoisotopic (exact) mass is 603 g/mol. The second-order valence-electron chi connectivity index (χ2n) is 9.16. The maximum atomic E-state index is 9.46. The van der Waals surface area contributed by atoms with Crippen molar-refractivity contribution in [2.24, 2.45) is 0 Å². The molecule has 0 unspecified atom stereocenters. The molecule has 6 aromatic carbocycles. The predicted molar refractivity (Wildman–Crippen MR) is 180 cm³/mol. The molecule has 0 saturated carbocycles. The number of nitrogens with zero attached hydrogens (tertiary/aromatic N) is 4. The van der Waals surface area contributed by atoms with Crippen LogP contribution in [-0.4, -0.2) is 15.0 Å². The van der Waals surface area contributed by atoms with Gasteiger partial charge >= 0.3 is 0 Å². The van der Waals surface area contributed by atoms with E-state index in [2.05, 4.69) is 15.0 Å². The molecule has 9 rings (SSSR count). The van der Waals surface area contributed by atoms with Gasteiger partial charge in [0.1, 0.15) is 16.7 Å². The van der Waals surface area contributed by atoms with Crippen LogP contribution in [0.3, 0.4) is 0 Å². The van der Waals surface area contributed by atoms with Gasteiger partial charge in [0.25, 0.3) is 0 Å². The normalized spacial score (nSPS) is 18.7. The van der Waals surface area contributed by atoms with Crippen molar-refractivity contribution >= 4 is 61.2 Å². The van der Waals surface area contributed by atoms with Crippen LogP contribution >= 0.6 is 0 Å². The summed E-state index contributed by atoms with van der Waals surface area (Å²) in [6.07, 6.45) is 0. The van der Waals surface area contributed by atoms with E-state index in [1.807, 2.05) is 0 Å². The van der Waals surface area contributed by atoms with Crippen molar-refractivity contribution in [3.8, 4) is 22.8 Å². The van der Waals surface area contributed by atoms with E-state index in [-0.39, 0.29) is 5.39 Å². The van der Waals surface area contributed by atoms with Gasteiger partial charge in [0, 0.05) is 38.4 Å². The van der Waals surface area contributed by atoms with E-state index < -0.39 is 218 Å². The summed E-state index contributed by atoms with van der Waals surface area (Å²) >= 11 is 0.